The number of aromatic nitrogens is 7. The number of hydrogen-bond donors (Lipinski definition) is 3. The molecule has 0 aliphatic carbocycles. The Morgan fingerprint density at radius 2 is 1.86 bits per heavy atom. The summed E-state index contributed by atoms with van der Waals surface area (Å²) in [4.78, 5) is 26.6. The standard InChI is InChI=1S/C25H28N10/c1-3-26-12-16-10-17(14-27-13-16)18-11-19-21(32-33-23(19)29-15-18)25-30-22-20(4-5-28-24(22)31-25)35-8-6-34(2)7-9-35/h4-5,10-11,13-15,26H,3,6-9,12H2,1-2H3,(H,28,30,31)(H,29,32,33). The van der Waals surface area contributed by atoms with E-state index in [0.717, 1.165) is 83.9 Å². The van der Waals surface area contributed by atoms with Gasteiger partial charge in [0.15, 0.2) is 17.1 Å². The van der Waals surface area contributed by atoms with Crippen molar-refractivity contribution in [3.8, 4) is 22.6 Å². The van der Waals surface area contributed by atoms with Crippen molar-refractivity contribution in [3.05, 3.63) is 48.5 Å². The number of imidazole rings is 1. The zero-order chi connectivity index (χ0) is 23.8. The van der Waals surface area contributed by atoms with Crippen LogP contribution in [0.2, 0.25) is 0 Å². The van der Waals surface area contributed by atoms with Gasteiger partial charge >= 0.3 is 0 Å². The molecule has 1 aliphatic rings. The summed E-state index contributed by atoms with van der Waals surface area (Å²) in [6.07, 6.45) is 7.45. The number of nitrogens with one attached hydrogen (secondary N) is 3. The van der Waals surface area contributed by atoms with Gasteiger partial charge in [-0.15, -0.1) is 0 Å². The maximum Gasteiger partial charge on any atom is 0.161 e. The van der Waals surface area contributed by atoms with Crippen molar-refractivity contribution in [2.24, 2.45) is 0 Å². The van der Waals surface area contributed by atoms with Crippen LogP contribution in [0.1, 0.15) is 12.5 Å². The molecule has 6 heterocycles. The Balaban J connectivity index is 1.38. The van der Waals surface area contributed by atoms with E-state index in [1.807, 2.05) is 30.9 Å². The van der Waals surface area contributed by atoms with Crippen molar-refractivity contribution in [3.63, 3.8) is 0 Å². The summed E-state index contributed by atoms with van der Waals surface area (Å²) >= 11 is 0. The molecule has 5 aromatic heterocycles. The van der Waals surface area contributed by atoms with Gasteiger partial charge in [0.1, 0.15) is 11.2 Å². The van der Waals surface area contributed by atoms with Gasteiger partial charge in [0.05, 0.1) is 11.1 Å². The first kappa shape index (κ1) is 21.6. The summed E-state index contributed by atoms with van der Waals surface area (Å²) in [6.45, 7) is 7.80. The van der Waals surface area contributed by atoms with Crippen molar-refractivity contribution in [1.29, 1.82) is 0 Å². The lowest BCUT2D eigenvalue weighted by Gasteiger charge is -2.33. The minimum atomic E-state index is 0.679. The van der Waals surface area contributed by atoms with E-state index in [2.05, 4.69) is 71.4 Å². The van der Waals surface area contributed by atoms with Crippen LogP contribution in [0.25, 0.3) is 44.8 Å². The van der Waals surface area contributed by atoms with Crippen molar-refractivity contribution < 1.29 is 0 Å². The molecule has 0 radical (unpaired) electrons. The third kappa shape index (κ3) is 4.11. The van der Waals surface area contributed by atoms with E-state index in [9.17, 15) is 0 Å². The average Bonchev–Trinajstić information content (AvgIpc) is 3.51. The fourth-order valence-corrected chi connectivity index (χ4v) is 4.57. The third-order valence-electron chi connectivity index (χ3n) is 6.56. The zero-order valence-corrected chi connectivity index (χ0v) is 19.9. The van der Waals surface area contributed by atoms with Gasteiger partial charge in [-0.3, -0.25) is 10.1 Å². The number of nitrogens with zero attached hydrogens (tertiary/aromatic N) is 7. The Hall–Kier alpha value is -3.89. The lowest BCUT2D eigenvalue weighted by atomic mass is 10.1. The molecule has 10 heteroatoms. The highest BCUT2D eigenvalue weighted by atomic mass is 15.3. The molecule has 1 aliphatic heterocycles. The second-order valence-corrected chi connectivity index (χ2v) is 8.96. The Bertz CT molecular complexity index is 1480. The lowest BCUT2D eigenvalue weighted by molar-refractivity contribution is 0.313. The van der Waals surface area contributed by atoms with Gasteiger partial charge in [-0.2, -0.15) is 5.10 Å². The van der Waals surface area contributed by atoms with Crippen LogP contribution < -0.4 is 10.2 Å². The fourth-order valence-electron chi connectivity index (χ4n) is 4.57. The van der Waals surface area contributed by atoms with Gasteiger partial charge in [-0.25, -0.2) is 15.0 Å². The lowest BCUT2D eigenvalue weighted by Crippen LogP contribution is -2.44. The summed E-state index contributed by atoms with van der Waals surface area (Å²) in [5.74, 6) is 0.679. The Morgan fingerprint density at radius 3 is 2.71 bits per heavy atom. The van der Waals surface area contributed by atoms with E-state index in [1.54, 1.807) is 0 Å². The van der Waals surface area contributed by atoms with Gasteiger partial charge in [0, 0.05) is 68.6 Å². The van der Waals surface area contributed by atoms with Crippen molar-refractivity contribution in [2.45, 2.75) is 13.5 Å². The summed E-state index contributed by atoms with van der Waals surface area (Å²) in [5, 5.41) is 11.8. The average molecular weight is 469 g/mol. The molecule has 0 saturated carbocycles. The number of H-pyrrole nitrogens is 2. The van der Waals surface area contributed by atoms with Gasteiger partial charge in [0.25, 0.3) is 0 Å². The maximum absolute atomic E-state index is 4.95. The van der Waals surface area contributed by atoms with Crippen molar-refractivity contribution in [2.75, 3.05) is 44.7 Å². The monoisotopic (exact) mass is 468 g/mol. The van der Waals surface area contributed by atoms with Crippen LogP contribution in [-0.2, 0) is 6.54 Å². The normalized spacial score (nSPS) is 14.9. The Labute approximate surface area is 202 Å². The Morgan fingerprint density at radius 1 is 1.00 bits per heavy atom. The van der Waals surface area contributed by atoms with E-state index in [4.69, 9.17) is 4.98 Å². The number of likely N-dealkylation sites (N-methyl/N-ethyl adjacent to an activating group) is 1. The summed E-state index contributed by atoms with van der Waals surface area (Å²) < 4.78 is 0. The molecule has 5 aromatic rings. The second kappa shape index (κ2) is 9.05. The first-order valence-electron chi connectivity index (χ1n) is 12.0. The second-order valence-electron chi connectivity index (χ2n) is 8.96. The smallest absolute Gasteiger partial charge is 0.161 e. The van der Waals surface area contributed by atoms with E-state index in [0.29, 0.717) is 11.5 Å². The molecular formula is C25H28N10. The summed E-state index contributed by atoms with van der Waals surface area (Å²) in [6, 6.07) is 6.29. The van der Waals surface area contributed by atoms with Crippen LogP contribution in [0.5, 0.6) is 0 Å². The maximum atomic E-state index is 4.95. The zero-order valence-electron chi connectivity index (χ0n) is 19.9. The quantitative estimate of drug-likeness (QED) is 0.349. The third-order valence-corrected chi connectivity index (χ3v) is 6.56. The predicted octanol–water partition coefficient (Wildman–Crippen LogP) is 2.82. The molecule has 3 N–H and O–H groups in total. The number of hydrogen-bond acceptors (Lipinski definition) is 8. The SMILES string of the molecule is CCNCc1cncc(-c2cnc3[nH]nc(-c4nc5c(N6CCN(C)CC6)ccnc5[nH]4)c3c2)c1. The van der Waals surface area contributed by atoms with Crippen LogP contribution in [0.15, 0.2) is 43.0 Å². The molecule has 1 saturated heterocycles. The molecule has 0 atom stereocenters. The topological polar surface area (TPSA) is 115 Å². The number of aromatic amines is 2. The largest absolute Gasteiger partial charge is 0.367 e. The first-order chi connectivity index (χ1) is 17.2. The molecule has 6 rings (SSSR count). The molecule has 0 aromatic carbocycles. The van der Waals surface area contributed by atoms with Crippen LogP contribution in [0.3, 0.4) is 0 Å². The number of rotatable bonds is 6. The van der Waals surface area contributed by atoms with Crippen LogP contribution in [0.4, 0.5) is 5.69 Å². The van der Waals surface area contributed by atoms with E-state index in [-0.39, 0.29) is 0 Å². The van der Waals surface area contributed by atoms with Crippen molar-refractivity contribution >= 4 is 27.9 Å². The molecule has 35 heavy (non-hydrogen) atoms. The minimum Gasteiger partial charge on any atom is -0.367 e. The van der Waals surface area contributed by atoms with Crippen LogP contribution in [-0.4, -0.2) is 79.8 Å². The van der Waals surface area contributed by atoms with Gasteiger partial charge in [0.2, 0.25) is 0 Å². The van der Waals surface area contributed by atoms with Crippen LogP contribution in [0, 0.1) is 0 Å². The molecule has 0 unspecified atom stereocenters. The fraction of sp³-hybridized carbons (Fsp3) is 0.320. The molecule has 0 bridgehead atoms. The number of anilines is 1. The molecular weight excluding hydrogens is 440 g/mol. The highest BCUT2D eigenvalue weighted by Gasteiger charge is 2.21. The minimum absolute atomic E-state index is 0.679. The van der Waals surface area contributed by atoms with E-state index in [1.165, 1.54) is 0 Å². The number of piperazine rings is 1. The number of pyridine rings is 3. The highest BCUT2D eigenvalue weighted by Crippen LogP contribution is 2.31. The van der Waals surface area contributed by atoms with Gasteiger partial charge in [-0.1, -0.05) is 6.92 Å². The van der Waals surface area contributed by atoms with Gasteiger partial charge in [-0.05, 0) is 37.4 Å². The molecule has 0 spiro atoms. The first-order valence-corrected chi connectivity index (χ1v) is 12.0. The van der Waals surface area contributed by atoms with Crippen LogP contribution >= 0.6 is 0 Å². The molecule has 10 nitrogen and oxygen atoms in total. The Kier molecular flexibility index (Phi) is 5.59. The number of fused-ring (bicyclic) bond motifs is 2. The highest BCUT2D eigenvalue weighted by molar-refractivity contribution is 5.95. The summed E-state index contributed by atoms with van der Waals surface area (Å²) in [7, 11) is 2.16. The molecule has 1 fully saturated rings. The van der Waals surface area contributed by atoms with E-state index >= 15 is 0 Å². The molecule has 178 valence electrons. The molecule has 0 amide bonds. The van der Waals surface area contributed by atoms with E-state index < -0.39 is 0 Å². The predicted molar refractivity (Wildman–Crippen MR) is 137 cm³/mol. The summed E-state index contributed by atoms with van der Waals surface area (Å²) in [5.41, 5.74) is 7.32. The van der Waals surface area contributed by atoms with Gasteiger partial charge < -0.3 is 20.1 Å². The van der Waals surface area contributed by atoms with Crippen molar-refractivity contribution in [1.82, 2.24) is 45.3 Å².